The molecule has 0 saturated carbocycles. The molecule has 0 aliphatic carbocycles. The Morgan fingerprint density at radius 2 is 1.88 bits per heavy atom. The summed E-state index contributed by atoms with van der Waals surface area (Å²) in [6.45, 7) is 3.01. The van der Waals surface area contributed by atoms with E-state index in [-0.39, 0.29) is 11.8 Å². The normalized spacial score (nSPS) is 16.8. The van der Waals surface area contributed by atoms with E-state index in [1.807, 2.05) is 30.3 Å². The van der Waals surface area contributed by atoms with Crippen molar-refractivity contribution in [3.63, 3.8) is 0 Å². The molecule has 24 heavy (non-hydrogen) atoms. The summed E-state index contributed by atoms with van der Waals surface area (Å²) in [6, 6.07) is 18.2. The first-order valence-electron chi connectivity index (χ1n) is 8.55. The standard InChI is InChI=1S/C20H24N2O2/c23-20(18-11-12-21-14-18)22-13-10-16-6-8-19(9-7-16)24-15-17-4-2-1-3-5-17/h1-9,18,21H,10-15H2,(H,22,23). The smallest absolute Gasteiger partial charge is 0.224 e. The number of carbonyl (C=O) groups is 1. The zero-order chi connectivity index (χ0) is 16.6. The lowest BCUT2D eigenvalue weighted by Gasteiger charge is -2.10. The summed E-state index contributed by atoms with van der Waals surface area (Å²) in [7, 11) is 0. The summed E-state index contributed by atoms with van der Waals surface area (Å²) in [5.74, 6) is 1.17. The lowest BCUT2D eigenvalue weighted by atomic mass is 10.1. The van der Waals surface area contributed by atoms with E-state index in [1.165, 1.54) is 5.56 Å². The number of carbonyl (C=O) groups excluding carboxylic acids is 1. The Morgan fingerprint density at radius 3 is 2.58 bits per heavy atom. The average Bonchev–Trinajstić information content (AvgIpc) is 3.17. The molecule has 0 radical (unpaired) electrons. The highest BCUT2D eigenvalue weighted by Gasteiger charge is 2.21. The molecule has 2 N–H and O–H groups in total. The molecule has 3 rings (SSSR count). The Morgan fingerprint density at radius 1 is 1.08 bits per heavy atom. The van der Waals surface area contributed by atoms with Gasteiger partial charge in [-0.25, -0.2) is 0 Å². The van der Waals surface area contributed by atoms with Gasteiger partial charge in [0, 0.05) is 13.1 Å². The lowest BCUT2D eigenvalue weighted by Crippen LogP contribution is -2.33. The lowest BCUT2D eigenvalue weighted by molar-refractivity contribution is -0.124. The molecule has 4 nitrogen and oxygen atoms in total. The van der Waals surface area contributed by atoms with Crippen molar-refractivity contribution in [2.75, 3.05) is 19.6 Å². The van der Waals surface area contributed by atoms with Crippen molar-refractivity contribution >= 4 is 5.91 Å². The number of rotatable bonds is 7. The van der Waals surface area contributed by atoms with Crippen molar-refractivity contribution in [2.24, 2.45) is 5.92 Å². The van der Waals surface area contributed by atoms with Crippen LogP contribution in [-0.2, 0) is 17.8 Å². The van der Waals surface area contributed by atoms with Crippen LogP contribution in [0.4, 0.5) is 0 Å². The molecule has 4 heteroatoms. The van der Waals surface area contributed by atoms with Gasteiger partial charge in [-0.2, -0.15) is 0 Å². The molecular formula is C20H24N2O2. The number of hydrogen-bond acceptors (Lipinski definition) is 3. The minimum Gasteiger partial charge on any atom is -0.489 e. The van der Waals surface area contributed by atoms with Crippen molar-refractivity contribution in [2.45, 2.75) is 19.4 Å². The molecule has 1 aliphatic heterocycles. The number of ether oxygens (including phenoxy) is 1. The van der Waals surface area contributed by atoms with Crippen molar-refractivity contribution in [3.05, 3.63) is 65.7 Å². The third kappa shape index (κ3) is 4.83. The maximum atomic E-state index is 11.9. The number of amides is 1. The molecule has 0 spiro atoms. The van der Waals surface area contributed by atoms with E-state index in [2.05, 4.69) is 34.9 Å². The van der Waals surface area contributed by atoms with Gasteiger partial charge in [0.05, 0.1) is 5.92 Å². The van der Waals surface area contributed by atoms with Gasteiger partial charge in [0.2, 0.25) is 5.91 Å². The SMILES string of the molecule is O=C(NCCc1ccc(OCc2ccccc2)cc1)C1CCNC1. The summed E-state index contributed by atoms with van der Waals surface area (Å²) in [6.07, 6.45) is 1.78. The number of hydrogen-bond donors (Lipinski definition) is 2. The summed E-state index contributed by atoms with van der Waals surface area (Å²) in [5.41, 5.74) is 2.36. The van der Waals surface area contributed by atoms with Crippen LogP contribution in [0.5, 0.6) is 5.75 Å². The van der Waals surface area contributed by atoms with Crippen LogP contribution in [0.1, 0.15) is 17.5 Å². The fourth-order valence-electron chi connectivity index (χ4n) is 2.85. The second-order valence-electron chi connectivity index (χ2n) is 6.15. The van der Waals surface area contributed by atoms with E-state index in [0.717, 1.165) is 37.2 Å². The van der Waals surface area contributed by atoms with E-state index in [4.69, 9.17) is 4.74 Å². The van der Waals surface area contributed by atoms with E-state index >= 15 is 0 Å². The molecule has 2 aromatic rings. The molecule has 126 valence electrons. The zero-order valence-corrected chi connectivity index (χ0v) is 13.8. The molecule has 1 unspecified atom stereocenters. The topological polar surface area (TPSA) is 50.4 Å². The molecular weight excluding hydrogens is 300 g/mol. The Kier molecular flexibility index (Phi) is 5.85. The van der Waals surface area contributed by atoms with Gasteiger partial charge < -0.3 is 15.4 Å². The largest absolute Gasteiger partial charge is 0.489 e. The number of benzene rings is 2. The summed E-state index contributed by atoms with van der Waals surface area (Å²) < 4.78 is 5.78. The minimum absolute atomic E-state index is 0.138. The van der Waals surface area contributed by atoms with Crippen LogP contribution in [0.3, 0.4) is 0 Å². The van der Waals surface area contributed by atoms with Gasteiger partial charge in [-0.15, -0.1) is 0 Å². The van der Waals surface area contributed by atoms with Crippen LogP contribution in [0.2, 0.25) is 0 Å². The average molecular weight is 324 g/mol. The van der Waals surface area contributed by atoms with E-state index in [0.29, 0.717) is 13.2 Å². The fraction of sp³-hybridized carbons (Fsp3) is 0.350. The highest BCUT2D eigenvalue weighted by Crippen LogP contribution is 2.14. The van der Waals surface area contributed by atoms with Gasteiger partial charge in [-0.05, 0) is 42.6 Å². The molecule has 1 fully saturated rings. The van der Waals surface area contributed by atoms with Crippen molar-refractivity contribution < 1.29 is 9.53 Å². The van der Waals surface area contributed by atoms with Gasteiger partial charge in [0.25, 0.3) is 0 Å². The predicted octanol–water partition coefficient (Wildman–Crippen LogP) is 2.53. The minimum atomic E-state index is 0.138. The third-order valence-corrected chi connectivity index (χ3v) is 4.32. The Labute approximate surface area is 143 Å². The highest BCUT2D eigenvalue weighted by atomic mass is 16.5. The van der Waals surface area contributed by atoms with Gasteiger partial charge >= 0.3 is 0 Å². The molecule has 1 atom stereocenters. The number of nitrogens with one attached hydrogen (secondary N) is 2. The molecule has 1 aliphatic rings. The maximum absolute atomic E-state index is 11.9. The monoisotopic (exact) mass is 324 g/mol. The van der Waals surface area contributed by atoms with Crippen LogP contribution in [0, 0.1) is 5.92 Å². The van der Waals surface area contributed by atoms with Crippen molar-refractivity contribution in [1.82, 2.24) is 10.6 Å². The maximum Gasteiger partial charge on any atom is 0.224 e. The van der Waals surface area contributed by atoms with Crippen LogP contribution >= 0.6 is 0 Å². The third-order valence-electron chi connectivity index (χ3n) is 4.32. The molecule has 1 heterocycles. The van der Waals surface area contributed by atoms with Crippen LogP contribution in [0.25, 0.3) is 0 Å². The molecule has 0 bridgehead atoms. The second-order valence-corrected chi connectivity index (χ2v) is 6.15. The quantitative estimate of drug-likeness (QED) is 0.823. The van der Waals surface area contributed by atoms with Crippen molar-refractivity contribution in [3.8, 4) is 5.75 Å². The Balaban J connectivity index is 1.40. The summed E-state index contributed by atoms with van der Waals surface area (Å²) in [5, 5.41) is 6.24. The van der Waals surface area contributed by atoms with Crippen LogP contribution in [0.15, 0.2) is 54.6 Å². The van der Waals surface area contributed by atoms with Gasteiger partial charge in [0.15, 0.2) is 0 Å². The van der Waals surface area contributed by atoms with Crippen LogP contribution < -0.4 is 15.4 Å². The summed E-state index contributed by atoms with van der Waals surface area (Å²) in [4.78, 5) is 11.9. The van der Waals surface area contributed by atoms with Crippen LogP contribution in [-0.4, -0.2) is 25.5 Å². The predicted molar refractivity (Wildman–Crippen MR) is 94.9 cm³/mol. The molecule has 1 amide bonds. The Bertz CT molecular complexity index is 634. The first kappa shape index (κ1) is 16.5. The van der Waals surface area contributed by atoms with Gasteiger partial charge in [0.1, 0.15) is 12.4 Å². The molecule has 1 saturated heterocycles. The fourth-order valence-corrected chi connectivity index (χ4v) is 2.85. The molecule has 0 aromatic heterocycles. The van der Waals surface area contributed by atoms with Crippen molar-refractivity contribution in [1.29, 1.82) is 0 Å². The molecule has 2 aromatic carbocycles. The van der Waals surface area contributed by atoms with Gasteiger partial charge in [-0.3, -0.25) is 4.79 Å². The highest BCUT2D eigenvalue weighted by molar-refractivity contribution is 5.79. The zero-order valence-electron chi connectivity index (χ0n) is 13.8. The first-order valence-corrected chi connectivity index (χ1v) is 8.55. The van der Waals surface area contributed by atoms with E-state index < -0.39 is 0 Å². The summed E-state index contributed by atoms with van der Waals surface area (Å²) >= 11 is 0. The first-order chi connectivity index (χ1) is 11.8. The second kappa shape index (κ2) is 8.50. The Hall–Kier alpha value is -2.33. The van der Waals surface area contributed by atoms with E-state index in [1.54, 1.807) is 0 Å². The van der Waals surface area contributed by atoms with E-state index in [9.17, 15) is 4.79 Å². The van der Waals surface area contributed by atoms with Gasteiger partial charge in [-0.1, -0.05) is 42.5 Å².